The number of amides is 1. The molecule has 0 saturated heterocycles. The fourth-order valence-corrected chi connectivity index (χ4v) is 2.47. The van der Waals surface area contributed by atoms with Crippen molar-refractivity contribution in [2.45, 2.75) is 59.5 Å². The van der Waals surface area contributed by atoms with Crippen molar-refractivity contribution >= 4 is 12.6 Å². The molecule has 1 aliphatic carbocycles. The minimum Gasteiger partial charge on any atom is -0.444 e. The first kappa shape index (κ1) is 18.0. The number of allylic oxidation sites excluding steroid dienone is 1. The Hall–Kier alpha value is -2.37. The maximum absolute atomic E-state index is 12.6. The van der Waals surface area contributed by atoms with Crippen LogP contribution in [-0.4, -0.2) is 23.1 Å². The molecule has 0 bridgehead atoms. The number of aliphatic imine (C=N–C) groups is 1. The molecular formula is C18H26N4O2. The quantitative estimate of drug-likeness (QED) is 0.457. The first-order chi connectivity index (χ1) is 11.3. The maximum Gasteiger partial charge on any atom is 0.252 e. The highest BCUT2D eigenvalue weighted by molar-refractivity contribution is 5.98. The van der Waals surface area contributed by atoms with Crippen LogP contribution >= 0.6 is 0 Å². The highest BCUT2D eigenvalue weighted by Crippen LogP contribution is 2.36. The van der Waals surface area contributed by atoms with Gasteiger partial charge in [-0.1, -0.05) is 5.57 Å². The van der Waals surface area contributed by atoms with E-state index in [2.05, 4.69) is 34.3 Å². The second-order valence-electron chi connectivity index (χ2n) is 6.74. The Morgan fingerprint density at radius 3 is 2.54 bits per heavy atom. The first-order valence-corrected chi connectivity index (χ1v) is 8.09. The van der Waals surface area contributed by atoms with Gasteiger partial charge in [0.1, 0.15) is 11.6 Å². The number of oxazole rings is 1. The largest absolute Gasteiger partial charge is 0.444 e. The fraction of sp³-hybridized carbons (Fsp3) is 0.500. The van der Waals surface area contributed by atoms with Crippen LogP contribution in [0.5, 0.6) is 0 Å². The summed E-state index contributed by atoms with van der Waals surface area (Å²) >= 11 is 0. The van der Waals surface area contributed by atoms with E-state index in [1.165, 1.54) is 0 Å². The molecule has 0 aliphatic heterocycles. The van der Waals surface area contributed by atoms with E-state index in [9.17, 15) is 4.79 Å². The molecule has 0 aromatic carbocycles. The van der Waals surface area contributed by atoms with Gasteiger partial charge in [-0.15, -0.1) is 0 Å². The van der Waals surface area contributed by atoms with Crippen LogP contribution in [0.15, 0.2) is 38.1 Å². The first-order valence-electron chi connectivity index (χ1n) is 8.09. The lowest BCUT2D eigenvalue weighted by Gasteiger charge is -2.18. The summed E-state index contributed by atoms with van der Waals surface area (Å²) < 4.78 is 5.38. The van der Waals surface area contributed by atoms with E-state index in [1.54, 1.807) is 6.20 Å². The van der Waals surface area contributed by atoms with Gasteiger partial charge in [0.15, 0.2) is 0 Å². The molecule has 2 N–H and O–H groups in total. The molecule has 1 heterocycles. The fourth-order valence-electron chi connectivity index (χ4n) is 2.47. The van der Waals surface area contributed by atoms with Crippen LogP contribution in [0.1, 0.15) is 52.2 Å². The molecule has 1 amide bonds. The number of carbonyl (C=O) groups is 1. The smallest absolute Gasteiger partial charge is 0.252 e. The Morgan fingerprint density at radius 1 is 1.42 bits per heavy atom. The van der Waals surface area contributed by atoms with E-state index >= 15 is 0 Å². The van der Waals surface area contributed by atoms with Gasteiger partial charge in [0.2, 0.25) is 5.89 Å². The molecule has 1 aliphatic rings. The molecule has 130 valence electrons. The van der Waals surface area contributed by atoms with Gasteiger partial charge in [-0.25, -0.2) is 9.98 Å². The molecular weight excluding hydrogens is 304 g/mol. The van der Waals surface area contributed by atoms with E-state index < -0.39 is 0 Å². The summed E-state index contributed by atoms with van der Waals surface area (Å²) in [4.78, 5) is 20.8. The third kappa shape index (κ3) is 4.34. The van der Waals surface area contributed by atoms with Crippen LogP contribution in [0.3, 0.4) is 0 Å². The van der Waals surface area contributed by atoms with Crippen molar-refractivity contribution in [3.63, 3.8) is 0 Å². The van der Waals surface area contributed by atoms with Gasteiger partial charge in [0.25, 0.3) is 5.91 Å². The number of nitrogens with one attached hydrogen (secondary N) is 2. The normalized spacial score (nSPS) is 16.0. The van der Waals surface area contributed by atoms with Crippen molar-refractivity contribution in [3.05, 3.63) is 40.4 Å². The molecule has 24 heavy (non-hydrogen) atoms. The molecule has 1 saturated carbocycles. The van der Waals surface area contributed by atoms with Gasteiger partial charge in [0, 0.05) is 16.7 Å². The molecule has 0 unspecified atom stereocenters. The monoisotopic (exact) mass is 330 g/mol. The summed E-state index contributed by atoms with van der Waals surface area (Å²) in [6, 6.07) is 0. The SMILES string of the molecule is C=N/C(NC1(C)CC1)=C(\C)C(C(=O)NCc1ncc(C)o1)=C(C)C. The average Bonchev–Trinajstić information content (AvgIpc) is 3.09. The van der Waals surface area contributed by atoms with Crippen LogP contribution in [0.4, 0.5) is 0 Å². The van der Waals surface area contributed by atoms with Gasteiger partial charge in [0.05, 0.1) is 12.7 Å². The van der Waals surface area contributed by atoms with Gasteiger partial charge in [-0.2, -0.15) is 0 Å². The average molecular weight is 330 g/mol. The second-order valence-corrected chi connectivity index (χ2v) is 6.74. The van der Waals surface area contributed by atoms with E-state index in [0.29, 0.717) is 17.3 Å². The van der Waals surface area contributed by atoms with Gasteiger partial charge in [-0.05, 0) is 54.2 Å². The molecule has 0 atom stereocenters. The molecule has 6 nitrogen and oxygen atoms in total. The third-order valence-corrected chi connectivity index (χ3v) is 4.10. The number of rotatable bonds is 7. The van der Waals surface area contributed by atoms with Crippen LogP contribution in [-0.2, 0) is 11.3 Å². The molecule has 1 aromatic heterocycles. The second kappa shape index (κ2) is 7.03. The van der Waals surface area contributed by atoms with E-state index in [4.69, 9.17) is 4.42 Å². The predicted octanol–water partition coefficient (Wildman–Crippen LogP) is 3.01. The minimum absolute atomic E-state index is 0.0661. The zero-order valence-electron chi connectivity index (χ0n) is 15.1. The summed E-state index contributed by atoms with van der Waals surface area (Å²) in [7, 11) is 0. The number of aromatic nitrogens is 1. The van der Waals surface area contributed by atoms with E-state index in [1.807, 2.05) is 27.7 Å². The molecule has 0 spiro atoms. The van der Waals surface area contributed by atoms with E-state index in [0.717, 1.165) is 29.7 Å². The molecule has 2 rings (SSSR count). The number of nitrogens with zero attached hydrogens (tertiary/aromatic N) is 2. The summed E-state index contributed by atoms with van der Waals surface area (Å²) in [5.74, 6) is 1.69. The van der Waals surface area contributed by atoms with Crippen molar-refractivity contribution < 1.29 is 9.21 Å². The van der Waals surface area contributed by atoms with Crippen LogP contribution in [0, 0.1) is 6.92 Å². The number of hydrogen-bond acceptors (Lipinski definition) is 5. The van der Waals surface area contributed by atoms with E-state index in [-0.39, 0.29) is 18.0 Å². The van der Waals surface area contributed by atoms with Crippen molar-refractivity contribution in [2.24, 2.45) is 4.99 Å². The van der Waals surface area contributed by atoms with Crippen molar-refractivity contribution in [2.75, 3.05) is 0 Å². The number of hydrogen-bond donors (Lipinski definition) is 2. The van der Waals surface area contributed by atoms with Crippen molar-refractivity contribution in [1.29, 1.82) is 0 Å². The third-order valence-electron chi connectivity index (χ3n) is 4.10. The zero-order chi connectivity index (χ0) is 17.9. The lowest BCUT2D eigenvalue weighted by molar-refractivity contribution is -0.117. The molecule has 1 fully saturated rings. The lowest BCUT2D eigenvalue weighted by atomic mass is 10.0. The predicted molar refractivity (Wildman–Crippen MR) is 94.5 cm³/mol. The van der Waals surface area contributed by atoms with Crippen LogP contribution in [0.25, 0.3) is 0 Å². The Bertz CT molecular complexity index is 704. The van der Waals surface area contributed by atoms with Crippen molar-refractivity contribution in [1.82, 2.24) is 15.6 Å². The molecule has 0 radical (unpaired) electrons. The number of aryl methyl sites for hydroxylation is 1. The minimum atomic E-state index is -0.174. The standard InChI is InChI=1S/C18H26N4O2/c1-11(2)15(13(4)16(19-6)22-18(5)7-8-18)17(23)21-10-14-20-9-12(3)24-14/h9,22H,6-8,10H2,1-5H3,(H,21,23)/b16-13-. The number of carbonyl (C=O) groups excluding carboxylic acids is 1. The van der Waals surface area contributed by atoms with Gasteiger partial charge >= 0.3 is 0 Å². The lowest BCUT2D eigenvalue weighted by Crippen LogP contribution is -2.30. The summed E-state index contributed by atoms with van der Waals surface area (Å²) in [6.07, 6.45) is 3.83. The van der Waals surface area contributed by atoms with Gasteiger partial charge in [-0.3, -0.25) is 4.79 Å². The molecule has 6 heteroatoms. The molecule has 1 aromatic rings. The summed E-state index contributed by atoms with van der Waals surface area (Å²) in [6.45, 7) is 13.6. The Kier molecular flexibility index (Phi) is 5.26. The highest BCUT2D eigenvalue weighted by atomic mass is 16.4. The Labute approximate surface area is 143 Å². The Balaban J connectivity index is 2.16. The van der Waals surface area contributed by atoms with Crippen LogP contribution < -0.4 is 10.6 Å². The van der Waals surface area contributed by atoms with Gasteiger partial charge < -0.3 is 15.1 Å². The summed E-state index contributed by atoms with van der Waals surface area (Å²) in [5, 5.41) is 6.24. The zero-order valence-corrected chi connectivity index (χ0v) is 15.1. The highest BCUT2D eigenvalue weighted by Gasteiger charge is 2.38. The Morgan fingerprint density at radius 2 is 2.08 bits per heavy atom. The summed E-state index contributed by atoms with van der Waals surface area (Å²) in [5.41, 5.74) is 2.38. The maximum atomic E-state index is 12.6. The topological polar surface area (TPSA) is 79.5 Å². The van der Waals surface area contributed by atoms with Crippen LogP contribution in [0.2, 0.25) is 0 Å². The van der Waals surface area contributed by atoms with Crippen molar-refractivity contribution in [3.8, 4) is 0 Å².